The van der Waals surface area contributed by atoms with Crippen molar-refractivity contribution in [2.45, 2.75) is 18.4 Å². The van der Waals surface area contributed by atoms with Crippen LogP contribution < -0.4 is 5.32 Å². The van der Waals surface area contributed by atoms with E-state index in [4.69, 9.17) is 4.74 Å². The highest BCUT2D eigenvalue weighted by atomic mass is 16.5. The van der Waals surface area contributed by atoms with Crippen molar-refractivity contribution in [2.24, 2.45) is 5.92 Å². The molecule has 2 aliphatic heterocycles. The molecular weight excluding hydrogens is 336 g/mol. The van der Waals surface area contributed by atoms with E-state index in [9.17, 15) is 4.79 Å². The van der Waals surface area contributed by atoms with Crippen LogP contribution in [-0.4, -0.2) is 37.1 Å². The van der Waals surface area contributed by atoms with Crippen molar-refractivity contribution in [2.75, 3.05) is 31.6 Å². The maximum atomic E-state index is 13.2. The van der Waals surface area contributed by atoms with Gasteiger partial charge in [0, 0.05) is 19.0 Å². The van der Waals surface area contributed by atoms with Crippen LogP contribution >= 0.6 is 0 Å². The Kier molecular flexibility index (Phi) is 4.21. The molecule has 1 amide bonds. The number of morpholine rings is 1. The van der Waals surface area contributed by atoms with Crippen LogP contribution in [0.25, 0.3) is 0 Å². The molecule has 2 aromatic carbocycles. The minimum absolute atomic E-state index is 0.106. The summed E-state index contributed by atoms with van der Waals surface area (Å²) in [6.07, 6.45) is 5.68. The number of nitrogens with zero attached hydrogens (tertiary/aromatic N) is 1. The van der Waals surface area contributed by atoms with E-state index in [2.05, 4.69) is 53.9 Å². The average Bonchev–Trinajstić information content (AvgIpc) is 3.24. The lowest BCUT2D eigenvalue weighted by Gasteiger charge is -2.39. The van der Waals surface area contributed by atoms with Crippen LogP contribution in [-0.2, 0) is 4.74 Å². The van der Waals surface area contributed by atoms with Crippen LogP contribution in [0.2, 0.25) is 0 Å². The van der Waals surface area contributed by atoms with Crippen LogP contribution in [0, 0.1) is 5.92 Å². The molecule has 4 nitrogen and oxygen atoms in total. The Bertz CT molecular complexity index is 871. The summed E-state index contributed by atoms with van der Waals surface area (Å²) in [4.78, 5) is 15.1. The maximum Gasteiger partial charge on any atom is 0.256 e. The first-order chi connectivity index (χ1) is 13.3. The first kappa shape index (κ1) is 16.6. The molecule has 0 aromatic heterocycles. The van der Waals surface area contributed by atoms with E-state index < -0.39 is 0 Å². The second kappa shape index (κ2) is 6.86. The number of ether oxygens (including phenoxy) is 1. The van der Waals surface area contributed by atoms with Crippen LogP contribution in [0.5, 0.6) is 0 Å². The molecule has 0 saturated carbocycles. The van der Waals surface area contributed by atoms with E-state index >= 15 is 0 Å². The van der Waals surface area contributed by atoms with Crippen LogP contribution in [0.4, 0.5) is 5.69 Å². The number of hydrogen-bond acceptors (Lipinski definition) is 3. The minimum Gasteiger partial charge on any atom is -0.378 e. The van der Waals surface area contributed by atoms with Gasteiger partial charge in [-0.3, -0.25) is 4.79 Å². The fourth-order valence-corrected chi connectivity index (χ4v) is 4.73. The highest BCUT2D eigenvalue weighted by Crippen LogP contribution is 2.50. The Morgan fingerprint density at radius 1 is 1.04 bits per heavy atom. The van der Waals surface area contributed by atoms with E-state index in [-0.39, 0.29) is 11.9 Å². The second-order valence-electron chi connectivity index (χ2n) is 7.56. The van der Waals surface area contributed by atoms with Crippen molar-refractivity contribution in [1.29, 1.82) is 0 Å². The molecule has 0 spiro atoms. The largest absolute Gasteiger partial charge is 0.378 e. The Morgan fingerprint density at radius 2 is 1.85 bits per heavy atom. The number of amides is 1. The van der Waals surface area contributed by atoms with Gasteiger partial charge >= 0.3 is 0 Å². The number of fused-ring (bicyclic) bond motifs is 3. The molecule has 5 rings (SSSR count). The van der Waals surface area contributed by atoms with Crippen LogP contribution in [0.15, 0.2) is 60.7 Å². The minimum atomic E-state index is 0.106. The van der Waals surface area contributed by atoms with Gasteiger partial charge in [-0.05, 0) is 29.5 Å². The SMILES string of the molecule is O=C(c1cccc2c1NC(c1ccccc1)C1CC=CC21)N1CCOCC1. The molecule has 0 bridgehead atoms. The number of allylic oxidation sites excluding steroid dienone is 2. The van der Waals surface area contributed by atoms with Gasteiger partial charge in [-0.1, -0.05) is 54.6 Å². The summed E-state index contributed by atoms with van der Waals surface area (Å²) in [6.45, 7) is 2.57. The van der Waals surface area contributed by atoms with Gasteiger partial charge in [0.2, 0.25) is 0 Å². The third kappa shape index (κ3) is 2.85. The number of anilines is 1. The molecule has 3 unspecified atom stereocenters. The van der Waals surface area contributed by atoms with Gasteiger partial charge in [0.1, 0.15) is 0 Å². The van der Waals surface area contributed by atoms with Crippen molar-refractivity contribution < 1.29 is 9.53 Å². The average molecular weight is 360 g/mol. The molecule has 1 saturated heterocycles. The molecule has 4 heteroatoms. The van der Waals surface area contributed by atoms with Gasteiger partial charge < -0.3 is 15.0 Å². The number of hydrogen-bond donors (Lipinski definition) is 1. The van der Waals surface area contributed by atoms with Gasteiger partial charge in [0.05, 0.1) is 30.5 Å². The Hall–Kier alpha value is -2.59. The maximum absolute atomic E-state index is 13.2. The zero-order valence-electron chi connectivity index (χ0n) is 15.3. The lowest BCUT2D eigenvalue weighted by Crippen LogP contribution is -2.41. The van der Waals surface area contributed by atoms with Crippen molar-refractivity contribution in [3.05, 3.63) is 77.4 Å². The molecular formula is C23H24N2O2. The smallest absolute Gasteiger partial charge is 0.256 e. The van der Waals surface area contributed by atoms with E-state index in [0.29, 0.717) is 38.1 Å². The van der Waals surface area contributed by atoms with Crippen molar-refractivity contribution >= 4 is 11.6 Å². The lowest BCUT2D eigenvalue weighted by atomic mass is 9.76. The number of carbonyl (C=O) groups is 1. The molecule has 27 heavy (non-hydrogen) atoms. The Morgan fingerprint density at radius 3 is 2.67 bits per heavy atom. The summed E-state index contributed by atoms with van der Waals surface area (Å²) in [6, 6.07) is 17.0. The molecule has 1 aliphatic carbocycles. The molecule has 0 radical (unpaired) electrons. The highest BCUT2D eigenvalue weighted by molar-refractivity contribution is 6.01. The zero-order chi connectivity index (χ0) is 18.2. The summed E-state index contributed by atoms with van der Waals surface area (Å²) in [7, 11) is 0. The second-order valence-corrected chi connectivity index (χ2v) is 7.56. The van der Waals surface area contributed by atoms with Gasteiger partial charge in [-0.2, -0.15) is 0 Å². The fraction of sp³-hybridized carbons (Fsp3) is 0.348. The summed E-state index contributed by atoms with van der Waals surface area (Å²) in [5.41, 5.74) is 4.33. The third-order valence-electron chi connectivity index (χ3n) is 6.08. The zero-order valence-corrected chi connectivity index (χ0v) is 15.3. The van der Waals surface area contributed by atoms with Crippen molar-refractivity contribution in [3.63, 3.8) is 0 Å². The lowest BCUT2D eigenvalue weighted by molar-refractivity contribution is 0.0303. The molecule has 1 fully saturated rings. The summed E-state index contributed by atoms with van der Waals surface area (Å²) < 4.78 is 5.41. The van der Waals surface area contributed by atoms with E-state index in [0.717, 1.165) is 17.7 Å². The van der Waals surface area contributed by atoms with Gasteiger partial charge in [0.25, 0.3) is 5.91 Å². The summed E-state index contributed by atoms with van der Waals surface area (Å²) >= 11 is 0. The van der Waals surface area contributed by atoms with Crippen molar-refractivity contribution in [1.82, 2.24) is 4.90 Å². The number of benzene rings is 2. The van der Waals surface area contributed by atoms with Gasteiger partial charge in [0.15, 0.2) is 0 Å². The molecule has 3 atom stereocenters. The van der Waals surface area contributed by atoms with Crippen molar-refractivity contribution in [3.8, 4) is 0 Å². The molecule has 1 N–H and O–H groups in total. The summed E-state index contributed by atoms with van der Waals surface area (Å²) in [5, 5.41) is 3.75. The number of para-hydroxylation sites is 1. The first-order valence-corrected chi connectivity index (χ1v) is 9.81. The first-order valence-electron chi connectivity index (χ1n) is 9.81. The predicted molar refractivity (Wildman–Crippen MR) is 106 cm³/mol. The highest BCUT2D eigenvalue weighted by Gasteiger charge is 2.39. The Labute approximate surface area is 159 Å². The summed E-state index contributed by atoms with van der Waals surface area (Å²) in [5.74, 6) is 0.965. The topological polar surface area (TPSA) is 41.6 Å². The van der Waals surface area contributed by atoms with E-state index in [1.54, 1.807) is 0 Å². The number of rotatable bonds is 2. The third-order valence-corrected chi connectivity index (χ3v) is 6.08. The standard InChI is InChI=1S/C23H24N2O2/c26-23(25-12-14-27-15-13-25)20-11-5-10-19-17-8-4-9-18(17)21(24-22(19)20)16-6-2-1-3-7-16/h1-8,10-11,17-18,21,24H,9,12-15H2. The predicted octanol–water partition coefficient (Wildman–Crippen LogP) is 3.99. The molecule has 138 valence electrons. The molecule has 3 aliphatic rings. The quantitative estimate of drug-likeness (QED) is 0.824. The molecule has 2 aromatic rings. The Balaban J connectivity index is 1.56. The van der Waals surface area contributed by atoms with Crippen LogP contribution in [0.1, 0.15) is 39.9 Å². The van der Waals surface area contributed by atoms with E-state index in [1.807, 2.05) is 17.0 Å². The molecule has 2 heterocycles. The normalized spacial score (nSPS) is 26.2. The fourth-order valence-electron chi connectivity index (χ4n) is 4.73. The monoisotopic (exact) mass is 360 g/mol. The van der Waals surface area contributed by atoms with Crippen LogP contribution in [0.3, 0.4) is 0 Å². The number of nitrogens with one attached hydrogen (secondary N) is 1. The van der Waals surface area contributed by atoms with Gasteiger partial charge in [-0.15, -0.1) is 0 Å². The number of carbonyl (C=O) groups excluding carboxylic acids is 1. The van der Waals surface area contributed by atoms with E-state index in [1.165, 1.54) is 11.1 Å². The van der Waals surface area contributed by atoms with Gasteiger partial charge in [-0.25, -0.2) is 0 Å².